The molecule has 234 valence electrons. The van der Waals surface area contributed by atoms with Crippen molar-refractivity contribution in [2.75, 3.05) is 4.90 Å². The average Bonchev–Trinajstić information content (AvgIpc) is 3.41. The Kier molecular flexibility index (Phi) is 6.78. The summed E-state index contributed by atoms with van der Waals surface area (Å²) in [6, 6.07) is 46.9. The normalized spacial score (nSPS) is 14.9. The standard InChI is InChI=1S/C44H28AsN5/c1-2-12-29(13-3-1)40-24-22-31(28-46-40)43-47-42(48-44(49-43)50-32-14-10-11-25-45(27-32)39-19-8-9-20-41(39)50)30-21-23-37-35-17-5-4-15-33(35)34-16-6-7-18-36(34)38(37)26-30/h1-28H. The van der Waals surface area contributed by atoms with E-state index in [1.54, 1.807) is 0 Å². The van der Waals surface area contributed by atoms with Crippen molar-refractivity contribution in [1.82, 2.24) is 19.9 Å². The third kappa shape index (κ3) is 4.78. The molecule has 6 heteroatoms. The summed E-state index contributed by atoms with van der Waals surface area (Å²) < 4.78 is 1.35. The first-order valence-corrected chi connectivity index (χ1v) is 19.7. The molecular formula is C44H28AsN5. The molecular weight excluding hydrogens is 673 g/mol. The number of para-hydroxylation sites is 1. The number of nitrogens with zero attached hydrogens (tertiary/aromatic N) is 5. The average molecular weight is 702 g/mol. The van der Waals surface area contributed by atoms with Gasteiger partial charge in [-0.3, -0.25) is 0 Å². The molecule has 1 unspecified atom stereocenters. The van der Waals surface area contributed by atoms with Crippen LogP contribution >= 0.6 is 0 Å². The van der Waals surface area contributed by atoms with Crippen molar-refractivity contribution >= 4 is 63.0 Å². The minimum absolute atomic E-state index is 0.578. The number of fused-ring (bicyclic) bond motifs is 9. The monoisotopic (exact) mass is 701 g/mol. The van der Waals surface area contributed by atoms with Crippen molar-refractivity contribution in [1.29, 1.82) is 0 Å². The molecule has 5 nitrogen and oxygen atoms in total. The number of hydrogen-bond acceptors (Lipinski definition) is 5. The zero-order valence-electron chi connectivity index (χ0n) is 26.8. The van der Waals surface area contributed by atoms with E-state index >= 15 is 0 Å². The van der Waals surface area contributed by atoms with Gasteiger partial charge in [0.2, 0.25) is 0 Å². The fourth-order valence-corrected chi connectivity index (χ4v) is 11.0. The van der Waals surface area contributed by atoms with Crippen LogP contribution in [-0.2, 0) is 0 Å². The maximum absolute atomic E-state index is 5.25. The molecule has 4 heterocycles. The molecule has 0 aliphatic carbocycles. The molecule has 0 fully saturated rings. The first kappa shape index (κ1) is 28.8. The zero-order chi connectivity index (χ0) is 33.0. The number of hydrogen-bond donors (Lipinski definition) is 0. The van der Waals surface area contributed by atoms with Gasteiger partial charge in [-0.1, -0.05) is 42.5 Å². The molecule has 50 heavy (non-hydrogen) atoms. The van der Waals surface area contributed by atoms with Crippen molar-refractivity contribution in [3.8, 4) is 34.0 Å². The molecule has 10 rings (SSSR count). The Morgan fingerprint density at radius 2 is 1.14 bits per heavy atom. The van der Waals surface area contributed by atoms with Crippen LogP contribution in [0.3, 0.4) is 0 Å². The van der Waals surface area contributed by atoms with Gasteiger partial charge >= 0.3 is 253 Å². The molecule has 6 aromatic carbocycles. The molecule has 0 saturated carbocycles. The summed E-state index contributed by atoms with van der Waals surface area (Å²) in [5.74, 6) is 1.78. The molecule has 2 aliphatic heterocycles. The summed E-state index contributed by atoms with van der Waals surface area (Å²) in [6.07, 6.45) is 8.33. The van der Waals surface area contributed by atoms with Gasteiger partial charge in [0.15, 0.2) is 0 Å². The Hall–Kier alpha value is -6.16. The van der Waals surface area contributed by atoms with Gasteiger partial charge in [0.1, 0.15) is 0 Å². The van der Waals surface area contributed by atoms with Crippen molar-refractivity contribution in [2.45, 2.75) is 0 Å². The summed E-state index contributed by atoms with van der Waals surface area (Å²) in [5.41, 5.74) is 5.94. The van der Waals surface area contributed by atoms with Crippen LogP contribution < -0.4 is 9.25 Å². The maximum atomic E-state index is 5.25. The Labute approximate surface area is 293 Å². The topological polar surface area (TPSA) is 54.8 Å². The molecule has 0 radical (unpaired) electrons. The number of anilines is 2. The van der Waals surface area contributed by atoms with E-state index in [1.165, 1.54) is 36.7 Å². The number of rotatable bonds is 4. The summed E-state index contributed by atoms with van der Waals surface area (Å²) in [6.45, 7) is 0. The van der Waals surface area contributed by atoms with E-state index in [-0.39, 0.29) is 0 Å². The molecule has 2 aromatic heterocycles. The van der Waals surface area contributed by atoms with Gasteiger partial charge in [-0.15, -0.1) is 0 Å². The molecule has 0 N–H and O–H groups in total. The van der Waals surface area contributed by atoms with Gasteiger partial charge < -0.3 is 0 Å². The number of allylic oxidation sites excluding steroid dienone is 3. The third-order valence-corrected chi connectivity index (χ3v) is 13.6. The second-order valence-electron chi connectivity index (χ2n) is 12.4. The minimum atomic E-state index is -1.54. The second kappa shape index (κ2) is 11.8. The van der Waals surface area contributed by atoms with Crippen molar-refractivity contribution < 1.29 is 0 Å². The van der Waals surface area contributed by atoms with Crippen LogP contribution in [0, 0.1) is 0 Å². The van der Waals surface area contributed by atoms with Gasteiger partial charge in [0.25, 0.3) is 0 Å². The van der Waals surface area contributed by atoms with Crippen molar-refractivity contribution in [3.63, 3.8) is 0 Å². The Morgan fingerprint density at radius 1 is 0.500 bits per heavy atom. The van der Waals surface area contributed by atoms with Crippen LogP contribution in [-0.4, -0.2) is 34.6 Å². The summed E-state index contributed by atoms with van der Waals surface area (Å²) in [5, 5.41) is 7.32. The Morgan fingerprint density at radius 3 is 1.88 bits per heavy atom. The van der Waals surface area contributed by atoms with E-state index in [9.17, 15) is 0 Å². The van der Waals surface area contributed by atoms with E-state index < -0.39 is 14.7 Å². The van der Waals surface area contributed by atoms with Crippen LogP contribution in [0.2, 0.25) is 0 Å². The predicted molar refractivity (Wildman–Crippen MR) is 207 cm³/mol. The molecule has 8 aromatic rings. The summed E-state index contributed by atoms with van der Waals surface area (Å²) in [4.78, 5) is 27.4. The van der Waals surface area contributed by atoms with Crippen LogP contribution in [0.4, 0.5) is 11.6 Å². The zero-order valence-corrected chi connectivity index (χ0v) is 28.7. The number of pyridine rings is 1. The Bertz CT molecular complexity index is 2680. The molecule has 0 amide bonds. The molecule has 2 aliphatic rings. The van der Waals surface area contributed by atoms with Crippen LogP contribution in [0.25, 0.3) is 66.4 Å². The summed E-state index contributed by atoms with van der Waals surface area (Å²) in [7, 11) is 0. The predicted octanol–water partition coefficient (Wildman–Crippen LogP) is 9.67. The van der Waals surface area contributed by atoms with E-state index in [1.807, 2.05) is 30.5 Å². The van der Waals surface area contributed by atoms with E-state index in [0.717, 1.165) is 33.8 Å². The van der Waals surface area contributed by atoms with Gasteiger partial charge in [-0.2, -0.15) is 0 Å². The van der Waals surface area contributed by atoms with E-state index in [4.69, 9.17) is 19.9 Å². The van der Waals surface area contributed by atoms with Gasteiger partial charge in [0, 0.05) is 0 Å². The van der Waals surface area contributed by atoms with Crippen molar-refractivity contribution in [2.24, 2.45) is 0 Å². The fourth-order valence-electron chi connectivity index (χ4n) is 7.12. The molecule has 1 atom stereocenters. The Balaban J connectivity index is 1.19. The fraction of sp³-hybridized carbons (Fsp3) is 0. The van der Waals surface area contributed by atoms with Gasteiger partial charge in [-0.05, 0) is 0 Å². The molecule has 2 bridgehead atoms. The van der Waals surface area contributed by atoms with Gasteiger partial charge in [-0.25, -0.2) is 0 Å². The van der Waals surface area contributed by atoms with Crippen molar-refractivity contribution in [3.05, 3.63) is 173 Å². The first-order chi connectivity index (χ1) is 24.8. The second-order valence-corrected chi connectivity index (χ2v) is 16.3. The molecule has 0 spiro atoms. The number of benzene rings is 6. The molecule has 0 saturated heterocycles. The number of aromatic nitrogens is 4. The SMILES string of the molecule is C1=CC2=C[As](C=C1)c1ccccc1N2c1nc(-c2ccc(-c3ccccc3)nc2)nc(-c2ccc3c4ccccc4c4ccccc4c3c2)n1. The van der Waals surface area contributed by atoms with Crippen LogP contribution in [0.1, 0.15) is 0 Å². The van der Waals surface area contributed by atoms with Gasteiger partial charge in [0.05, 0.1) is 0 Å². The van der Waals surface area contributed by atoms with Crippen LogP contribution in [0.15, 0.2) is 173 Å². The van der Waals surface area contributed by atoms with E-state index in [0.29, 0.717) is 17.6 Å². The van der Waals surface area contributed by atoms with Crippen LogP contribution in [0.5, 0.6) is 0 Å². The third-order valence-electron chi connectivity index (χ3n) is 9.47. The summed E-state index contributed by atoms with van der Waals surface area (Å²) >= 11 is -1.54. The van der Waals surface area contributed by atoms with E-state index in [2.05, 4.69) is 142 Å². The first-order valence-electron chi connectivity index (χ1n) is 16.6. The quantitative estimate of drug-likeness (QED) is 0.135.